The Hall–Kier alpha value is -2.13. The summed E-state index contributed by atoms with van der Waals surface area (Å²) in [6, 6.07) is 19.8. The van der Waals surface area contributed by atoms with Gasteiger partial charge >= 0.3 is 0 Å². The number of hydrogen-bond donors (Lipinski definition) is 1. The highest BCUT2D eigenvalue weighted by Gasteiger charge is 2.29. The van der Waals surface area contributed by atoms with Crippen molar-refractivity contribution in [1.82, 2.24) is 10.2 Å². The molecule has 1 unspecified atom stereocenters. The predicted octanol–water partition coefficient (Wildman–Crippen LogP) is 2.36. The first-order valence-corrected chi connectivity index (χ1v) is 6.95. The van der Waals surface area contributed by atoms with Crippen LogP contribution in [-0.4, -0.2) is 23.9 Å². The normalized spacial score (nSPS) is 19.1. The van der Waals surface area contributed by atoms with Gasteiger partial charge in [0.1, 0.15) is 6.04 Å². The highest BCUT2D eigenvalue weighted by atomic mass is 16.2. The van der Waals surface area contributed by atoms with E-state index in [-0.39, 0.29) is 11.9 Å². The molecule has 0 saturated carbocycles. The van der Waals surface area contributed by atoms with Crippen LogP contribution in [0, 0.1) is 0 Å². The fourth-order valence-corrected chi connectivity index (χ4v) is 2.59. The average Bonchev–Trinajstić information content (AvgIpc) is 2.51. The topological polar surface area (TPSA) is 32.3 Å². The maximum Gasteiger partial charge on any atom is 0.244 e. The first kappa shape index (κ1) is 12.9. The summed E-state index contributed by atoms with van der Waals surface area (Å²) < 4.78 is 0. The largest absolute Gasteiger partial charge is 0.335 e. The maximum absolute atomic E-state index is 12.6. The average molecular weight is 266 g/mol. The van der Waals surface area contributed by atoms with Crippen LogP contribution >= 0.6 is 0 Å². The number of benzene rings is 2. The van der Waals surface area contributed by atoms with Crippen LogP contribution < -0.4 is 5.32 Å². The molecule has 0 aliphatic carbocycles. The molecule has 1 fully saturated rings. The first-order valence-electron chi connectivity index (χ1n) is 6.95. The third-order valence-corrected chi connectivity index (χ3v) is 3.64. The van der Waals surface area contributed by atoms with E-state index < -0.39 is 0 Å². The Morgan fingerprint density at radius 1 is 1.00 bits per heavy atom. The molecule has 0 bridgehead atoms. The van der Waals surface area contributed by atoms with Gasteiger partial charge in [-0.3, -0.25) is 4.79 Å². The minimum atomic E-state index is -0.214. The lowest BCUT2D eigenvalue weighted by Crippen LogP contribution is -2.49. The van der Waals surface area contributed by atoms with Crippen molar-refractivity contribution in [3.63, 3.8) is 0 Å². The van der Waals surface area contributed by atoms with Crippen LogP contribution in [0.4, 0.5) is 0 Å². The molecule has 1 amide bonds. The van der Waals surface area contributed by atoms with Crippen molar-refractivity contribution in [3.05, 3.63) is 71.8 Å². The van der Waals surface area contributed by atoms with E-state index in [9.17, 15) is 4.79 Å². The monoisotopic (exact) mass is 266 g/mol. The van der Waals surface area contributed by atoms with E-state index in [2.05, 4.69) is 17.4 Å². The quantitative estimate of drug-likeness (QED) is 0.925. The molecule has 0 radical (unpaired) electrons. The number of hydrogen-bond acceptors (Lipinski definition) is 2. The van der Waals surface area contributed by atoms with Gasteiger partial charge in [-0.15, -0.1) is 0 Å². The standard InChI is InChI=1S/C17H18N2O/c20-17-16(15-9-5-2-6-10-15)18-11-12-19(17)13-14-7-3-1-4-8-14/h1-10,16,18H,11-13H2. The van der Waals surface area contributed by atoms with Crippen molar-refractivity contribution < 1.29 is 4.79 Å². The van der Waals surface area contributed by atoms with Gasteiger partial charge in [0.2, 0.25) is 5.91 Å². The molecule has 3 heteroatoms. The van der Waals surface area contributed by atoms with Crippen LogP contribution in [0.5, 0.6) is 0 Å². The fourth-order valence-electron chi connectivity index (χ4n) is 2.59. The fraction of sp³-hybridized carbons (Fsp3) is 0.235. The minimum absolute atomic E-state index is 0.159. The summed E-state index contributed by atoms with van der Waals surface area (Å²) in [4.78, 5) is 14.5. The number of carbonyl (C=O) groups is 1. The van der Waals surface area contributed by atoms with Crippen LogP contribution in [0.25, 0.3) is 0 Å². The summed E-state index contributed by atoms with van der Waals surface area (Å²) in [6.45, 7) is 2.28. The molecule has 1 saturated heterocycles. The van der Waals surface area contributed by atoms with Gasteiger partial charge < -0.3 is 10.2 Å². The summed E-state index contributed by atoms with van der Waals surface area (Å²) in [7, 11) is 0. The highest BCUT2D eigenvalue weighted by molar-refractivity contribution is 5.84. The summed E-state index contributed by atoms with van der Waals surface area (Å²) in [5.41, 5.74) is 2.21. The molecule has 0 spiro atoms. The molecule has 1 aliphatic rings. The molecule has 20 heavy (non-hydrogen) atoms. The zero-order chi connectivity index (χ0) is 13.8. The number of piperazine rings is 1. The molecule has 2 aromatic rings. The molecule has 1 aliphatic heterocycles. The van der Waals surface area contributed by atoms with E-state index in [1.54, 1.807) is 0 Å². The summed E-state index contributed by atoms with van der Waals surface area (Å²) in [5.74, 6) is 0.159. The third-order valence-electron chi connectivity index (χ3n) is 3.64. The Labute approximate surface area is 119 Å². The summed E-state index contributed by atoms with van der Waals surface area (Å²) in [6.07, 6.45) is 0. The van der Waals surface area contributed by atoms with Gasteiger partial charge in [-0.1, -0.05) is 60.7 Å². The molecule has 2 aromatic carbocycles. The van der Waals surface area contributed by atoms with Gasteiger partial charge in [-0.2, -0.15) is 0 Å². The highest BCUT2D eigenvalue weighted by Crippen LogP contribution is 2.19. The lowest BCUT2D eigenvalue weighted by Gasteiger charge is -2.33. The number of nitrogens with zero attached hydrogens (tertiary/aromatic N) is 1. The smallest absolute Gasteiger partial charge is 0.244 e. The number of nitrogens with one attached hydrogen (secondary N) is 1. The van der Waals surface area contributed by atoms with Crippen LogP contribution in [-0.2, 0) is 11.3 Å². The van der Waals surface area contributed by atoms with Gasteiger partial charge in [-0.05, 0) is 11.1 Å². The van der Waals surface area contributed by atoms with Crippen LogP contribution in [0.15, 0.2) is 60.7 Å². The molecular formula is C17H18N2O. The number of rotatable bonds is 3. The Balaban J connectivity index is 1.76. The number of carbonyl (C=O) groups excluding carboxylic acids is 1. The van der Waals surface area contributed by atoms with Crippen molar-refractivity contribution in [3.8, 4) is 0 Å². The van der Waals surface area contributed by atoms with Gasteiger partial charge in [0.05, 0.1) is 0 Å². The van der Waals surface area contributed by atoms with Crippen molar-refractivity contribution in [2.75, 3.05) is 13.1 Å². The summed E-state index contributed by atoms with van der Waals surface area (Å²) >= 11 is 0. The molecule has 3 nitrogen and oxygen atoms in total. The minimum Gasteiger partial charge on any atom is -0.335 e. The van der Waals surface area contributed by atoms with Crippen LogP contribution in [0.3, 0.4) is 0 Å². The second-order valence-electron chi connectivity index (χ2n) is 5.04. The summed E-state index contributed by atoms with van der Waals surface area (Å²) in [5, 5.41) is 3.31. The Morgan fingerprint density at radius 2 is 1.65 bits per heavy atom. The zero-order valence-corrected chi connectivity index (χ0v) is 11.3. The van der Waals surface area contributed by atoms with Crippen LogP contribution in [0.1, 0.15) is 17.2 Å². The van der Waals surface area contributed by atoms with E-state index in [0.29, 0.717) is 6.54 Å². The lowest BCUT2D eigenvalue weighted by molar-refractivity contribution is -0.136. The molecule has 1 heterocycles. The van der Waals surface area contributed by atoms with E-state index >= 15 is 0 Å². The Kier molecular flexibility index (Phi) is 3.79. The van der Waals surface area contributed by atoms with Gasteiger partial charge in [0.25, 0.3) is 0 Å². The SMILES string of the molecule is O=C1C(c2ccccc2)NCCN1Cc1ccccc1. The van der Waals surface area contributed by atoms with E-state index in [4.69, 9.17) is 0 Å². The Bertz CT molecular complexity index is 568. The van der Waals surface area contributed by atoms with E-state index in [0.717, 1.165) is 18.7 Å². The van der Waals surface area contributed by atoms with E-state index in [1.165, 1.54) is 5.56 Å². The van der Waals surface area contributed by atoms with Crippen LogP contribution in [0.2, 0.25) is 0 Å². The third kappa shape index (κ3) is 2.73. The van der Waals surface area contributed by atoms with Crippen molar-refractivity contribution >= 4 is 5.91 Å². The molecular weight excluding hydrogens is 248 g/mol. The molecule has 1 atom stereocenters. The van der Waals surface area contributed by atoms with E-state index in [1.807, 2.05) is 53.4 Å². The molecule has 3 rings (SSSR count). The molecule has 0 aromatic heterocycles. The van der Waals surface area contributed by atoms with Crippen molar-refractivity contribution in [1.29, 1.82) is 0 Å². The van der Waals surface area contributed by atoms with Gasteiger partial charge in [-0.25, -0.2) is 0 Å². The predicted molar refractivity (Wildman–Crippen MR) is 79.0 cm³/mol. The number of amides is 1. The van der Waals surface area contributed by atoms with Gasteiger partial charge in [0, 0.05) is 19.6 Å². The second kappa shape index (κ2) is 5.88. The van der Waals surface area contributed by atoms with Crippen molar-refractivity contribution in [2.24, 2.45) is 0 Å². The zero-order valence-electron chi connectivity index (χ0n) is 11.3. The second-order valence-corrected chi connectivity index (χ2v) is 5.04. The van der Waals surface area contributed by atoms with Crippen molar-refractivity contribution in [2.45, 2.75) is 12.6 Å². The lowest BCUT2D eigenvalue weighted by atomic mass is 10.0. The Morgan fingerprint density at radius 3 is 2.35 bits per heavy atom. The maximum atomic E-state index is 12.6. The van der Waals surface area contributed by atoms with Gasteiger partial charge in [0.15, 0.2) is 0 Å². The molecule has 1 N–H and O–H groups in total. The first-order chi connectivity index (χ1) is 9.84. The molecule has 102 valence electrons.